The quantitative estimate of drug-likeness (QED) is 0.623. The van der Waals surface area contributed by atoms with Gasteiger partial charge in [-0.15, -0.1) is 0 Å². The maximum Gasteiger partial charge on any atom is 0.276 e. The van der Waals surface area contributed by atoms with Crippen LogP contribution in [-0.2, 0) is 6.42 Å². The molecule has 0 aliphatic carbocycles. The zero-order valence-electron chi connectivity index (χ0n) is 13.5. The summed E-state index contributed by atoms with van der Waals surface area (Å²) in [6.45, 7) is 0. The predicted molar refractivity (Wildman–Crippen MR) is 96.6 cm³/mol. The first-order chi connectivity index (χ1) is 12.3. The van der Waals surface area contributed by atoms with Crippen LogP contribution in [0.3, 0.4) is 0 Å². The average Bonchev–Trinajstić information content (AvgIpc) is 3.09. The molecule has 0 atom stereocenters. The summed E-state index contributed by atoms with van der Waals surface area (Å²) in [5.74, 6) is -0.217. The molecular formula is C20H16N4O. The second kappa shape index (κ2) is 6.57. The summed E-state index contributed by atoms with van der Waals surface area (Å²) in [6.07, 6.45) is 6.24. The van der Waals surface area contributed by atoms with E-state index in [0.717, 1.165) is 17.6 Å². The largest absolute Gasteiger partial charge is 0.321 e. The van der Waals surface area contributed by atoms with Crippen molar-refractivity contribution in [1.29, 1.82) is 0 Å². The number of carbonyl (C=O) groups excluding carboxylic acids is 1. The number of rotatable bonds is 4. The van der Waals surface area contributed by atoms with Crippen molar-refractivity contribution in [2.75, 3.05) is 5.32 Å². The number of amides is 1. The molecule has 4 aromatic rings. The molecule has 1 aromatic carbocycles. The standard InChI is InChI=1S/C20H16N4O/c25-20(19-14-18-3-1-2-12-24(18)23-19)22-17-6-4-15(5-7-17)13-16-8-10-21-11-9-16/h1-12,14H,13H2,(H,22,25). The minimum Gasteiger partial charge on any atom is -0.321 e. The van der Waals surface area contributed by atoms with Crippen LogP contribution in [0.1, 0.15) is 21.6 Å². The molecule has 3 aromatic heterocycles. The van der Waals surface area contributed by atoms with Crippen LogP contribution in [-0.4, -0.2) is 20.5 Å². The molecule has 1 N–H and O–H groups in total. The fraction of sp³-hybridized carbons (Fsp3) is 0.0500. The second-order valence-electron chi connectivity index (χ2n) is 5.78. The Hall–Kier alpha value is -3.47. The van der Waals surface area contributed by atoms with Gasteiger partial charge in [-0.3, -0.25) is 9.78 Å². The van der Waals surface area contributed by atoms with Crippen LogP contribution in [0.15, 0.2) is 79.3 Å². The monoisotopic (exact) mass is 328 g/mol. The number of hydrogen-bond donors (Lipinski definition) is 1. The number of aromatic nitrogens is 3. The van der Waals surface area contributed by atoms with Crippen LogP contribution in [0.4, 0.5) is 5.69 Å². The number of benzene rings is 1. The summed E-state index contributed by atoms with van der Waals surface area (Å²) in [5, 5.41) is 7.17. The number of fused-ring (bicyclic) bond motifs is 1. The number of anilines is 1. The van der Waals surface area contributed by atoms with Crippen LogP contribution in [0.25, 0.3) is 5.52 Å². The highest BCUT2D eigenvalue weighted by atomic mass is 16.1. The van der Waals surface area contributed by atoms with Crippen molar-refractivity contribution in [3.8, 4) is 0 Å². The molecular weight excluding hydrogens is 312 g/mol. The molecule has 0 saturated carbocycles. The lowest BCUT2D eigenvalue weighted by Crippen LogP contribution is -2.12. The number of hydrogen-bond acceptors (Lipinski definition) is 3. The van der Waals surface area contributed by atoms with Gasteiger partial charge in [0.05, 0.1) is 5.52 Å². The van der Waals surface area contributed by atoms with E-state index in [1.807, 2.05) is 60.8 Å². The zero-order valence-corrected chi connectivity index (χ0v) is 13.5. The van der Waals surface area contributed by atoms with Crippen molar-refractivity contribution in [2.45, 2.75) is 6.42 Å². The van der Waals surface area contributed by atoms with Crippen LogP contribution in [0.5, 0.6) is 0 Å². The van der Waals surface area contributed by atoms with E-state index in [9.17, 15) is 4.79 Å². The molecule has 0 aliphatic rings. The minimum atomic E-state index is -0.217. The molecule has 0 spiro atoms. The molecule has 0 fully saturated rings. The van der Waals surface area contributed by atoms with Gasteiger partial charge >= 0.3 is 0 Å². The van der Waals surface area contributed by atoms with Gasteiger partial charge in [0.15, 0.2) is 5.69 Å². The molecule has 0 saturated heterocycles. The topological polar surface area (TPSA) is 59.3 Å². The van der Waals surface area contributed by atoms with Crippen molar-refractivity contribution in [3.63, 3.8) is 0 Å². The van der Waals surface area contributed by atoms with Crippen molar-refractivity contribution in [1.82, 2.24) is 14.6 Å². The van der Waals surface area contributed by atoms with E-state index in [2.05, 4.69) is 15.4 Å². The predicted octanol–water partition coefficient (Wildman–Crippen LogP) is 3.57. The Kier molecular flexibility index (Phi) is 3.96. The first kappa shape index (κ1) is 15.1. The second-order valence-corrected chi connectivity index (χ2v) is 5.78. The molecule has 0 aliphatic heterocycles. The van der Waals surface area contributed by atoms with Gasteiger partial charge in [0, 0.05) is 24.3 Å². The molecule has 4 rings (SSSR count). The zero-order chi connectivity index (χ0) is 17.1. The third-order valence-corrected chi connectivity index (χ3v) is 3.97. The Balaban J connectivity index is 1.46. The van der Waals surface area contributed by atoms with Crippen LogP contribution >= 0.6 is 0 Å². The van der Waals surface area contributed by atoms with E-state index >= 15 is 0 Å². The van der Waals surface area contributed by atoms with Gasteiger partial charge in [0.25, 0.3) is 5.91 Å². The van der Waals surface area contributed by atoms with Crippen LogP contribution < -0.4 is 5.32 Å². The summed E-state index contributed by atoms with van der Waals surface area (Å²) in [7, 11) is 0. The molecule has 3 heterocycles. The van der Waals surface area contributed by atoms with Crippen molar-refractivity contribution in [3.05, 3.63) is 96.1 Å². The molecule has 122 valence electrons. The van der Waals surface area contributed by atoms with Gasteiger partial charge in [-0.25, -0.2) is 4.52 Å². The van der Waals surface area contributed by atoms with Gasteiger partial charge in [-0.2, -0.15) is 5.10 Å². The Morgan fingerprint density at radius 2 is 1.72 bits per heavy atom. The van der Waals surface area contributed by atoms with Crippen molar-refractivity contribution < 1.29 is 4.79 Å². The van der Waals surface area contributed by atoms with Crippen molar-refractivity contribution in [2.24, 2.45) is 0 Å². The van der Waals surface area contributed by atoms with E-state index in [4.69, 9.17) is 0 Å². The molecule has 5 heteroatoms. The molecule has 0 radical (unpaired) electrons. The Labute approximate surface area is 145 Å². The molecule has 0 bridgehead atoms. The van der Waals surface area contributed by atoms with Crippen LogP contribution in [0, 0.1) is 0 Å². The highest BCUT2D eigenvalue weighted by molar-refractivity contribution is 6.03. The Bertz CT molecular complexity index is 974. The summed E-state index contributed by atoms with van der Waals surface area (Å²) in [6, 6.07) is 19.3. The fourth-order valence-corrected chi connectivity index (χ4v) is 2.69. The minimum absolute atomic E-state index is 0.217. The van der Waals surface area contributed by atoms with Gasteiger partial charge in [0.1, 0.15) is 0 Å². The molecule has 25 heavy (non-hydrogen) atoms. The van der Waals surface area contributed by atoms with E-state index in [0.29, 0.717) is 5.69 Å². The van der Waals surface area contributed by atoms with Gasteiger partial charge in [0.2, 0.25) is 0 Å². The third kappa shape index (κ3) is 3.40. The van der Waals surface area contributed by atoms with E-state index in [1.165, 1.54) is 11.1 Å². The maximum atomic E-state index is 12.4. The third-order valence-electron chi connectivity index (χ3n) is 3.97. The lowest BCUT2D eigenvalue weighted by Gasteiger charge is -2.05. The first-order valence-electron chi connectivity index (χ1n) is 8.01. The lowest BCUT2D eigenvalue weighted by atomic mass is 10.1. The normalized spacial score (nSPS) is 10.7. The Morgan fingerprint density at radius 3 is 2.48 bits per heavy atom. The average molecular weight is 328 g/mol. The molecule has 5 nitrogen and oxygen atoms in total. The lowest BCUT2D eigenvalue weighted by molar-refractivity contribution is 0.102. The summed E-state index contributed by atoms with van der Waals surface area (Å²) in [4.78, 5) is 16.4. The smallest absolute Gasteiger partial charge is 0.276 e. The SMILES string of the molecule is O=C(Nc1ccc(Cc2ccncc2)cc1)c1cc2ccccn2n1. The highest BCUT2D eigenvalue weighted by Gasteiger charge is 2.10. The fourth-order valence-electron chi connectivity index (χ4n) is 2.69. The number of nitrogens with zero attached hydrogens (tertiary/aromatic N) is 3. The van der Waals surface area contributed by atoms with E-state index < -0.39 is 0 Å². The molecule has 0 unspecified atom stereocenters. The van der Waals surface area contributed by atoms with E-state index in [-0.39, 0.29) is 5.91 Å². The Morgan fingerprint density at radius 1 is 0.960 bits per heavy atom. The number of carbonyl (C=O) groups is 1. The molecule has 1 amide bonds. The maximum absolute atomic E-state index is 12.4. The van der Waals surface area contributed by atoms with Gasteiger partial charge in [-0.05, 0) is 60.0 Å². The van der Waals surface area contributed by atoms with Gasteiger partial charge < -0.3 is 5.32 Å². The number of pyridine rings is 2. The summed E-state index contributed by atoms with van der Waals surface area (Å²) < 4.78 is 1.69. The first-order valence-corrected chi connectivity index (χ1v) is 8.01. The number of nitrogens with one attached hydrogen (secondary N) is 1. The van der Waals surface area contributed by atoms with Gasteiger partial charge in [-0.1, -0.05) is 18.2 Å². The van der Waals surface area contributed by atoms with E-state index in [1.54, 1.807) is 23.0 Å². The highest BCUT2D eigenvalue weighted by Crippen LogP contribution is 2.15. The van der Waals surface area contributed by atoms with Crippen LogP contribution in [0.2, 0.25) is 0 Å². The summed E-state index contributed by atoms with van der Waals surface area (Å²) >= 11 is 0. The summed E-state index contributed by atoms with van der Waals surface area (Å²) in [5.41, 5.74) is 4.42. The van der Waals surface area contributed by atoms with Crippen molar-refractivity contribution >= 4 is 17.1 Å².